The summed E-state index contributed by atoms with van der Waals surface area (Å²) in [5, 5.41) is 8.83. The van der Waals surface area contributed by atoms with Gasteiger partial charge in [0.2, 0.25) is 15.9 Å². The molecular weight excluding hydrogens is 502 g/mol. The Morgan fingerprint density at radius 1 is 1.00 bits per heavy atom. The summed E-state index contributed by atoms with van der Waals surface area (Å²) in [6.07, 6.45) is 2.22. The molecule has 1 fully saturated rings. The van der Waals surface area contributed by atoms with E-state index in [1.165, 1.54) is 30.9 Å². The van der Waals surface area contributed by atoms with Gasteiger partial charge in [0.15, 0.2) is 5.82 Å². The zero-order valence-corrected chi connectivity index (χ0v) is 22.6. The highest BCUT2D eigenvalue weighted by Crippen LogP contribution is 2.22. The minimum absolute atomic E-state index is 0.0307. The van der Waals surface area contributed by atoms with Crippen LogP contribution in [0.15, 0.2) is 78.2 Å². The molecule has 4 rings (SSSR count). The van der Waals surface area contributed by atoms with Gasteiger partial charge in [-0.3, -0.25) is 4.79 Å². The predicted molar refractivity (Wildman–Crippen MR) is 148 cm³/mol. The summed E-state index contributed by atoms with van der Waals surface area (Å²) in [5.74, 6) is 1.07. The van der Waals surface area contributed by atoms with Crippen LogP contribution >= 0.6 is 0 Å². The summed E-state index contributed by atoms with van der Waals surface area (Å²) in [7, 11) is -2.37. The van der Waals surface area contributed by atoms with Crippen LogP contribution in [0, 0.1) is 6.92 Å². The van der Waals surface area contributed by atoms with Crippen molar-refractivity contribution < 1.29 is 17.9 Å². The molecule has 2 aromatic carbocycles. The van der Waals surface area contributed by atoms with Gasteiger partial charge in [-0.05, 0) is 49.7 Å². The van der Waals surface area contributed by atoms with Crippen molar-refractivity contribution in [3.8, 4) is 17.0 Å². The van der Waals surface area contributed by atoms with E-state index in [2.05, 4.69) is 21.7 Å². The van der Waals surface area contributed by atoms with Gasteiger partial charge in [0.05, 0.1) is 24.2 Å². The molecule has 1 amide bonds. The summed E-state index contributed by atoms with van der Waals surface area (Å²) in [6.45, 7) is 7.79. The molecule has 1 aromatic heterocycles. The first-order valence-electron chi connectivity index (χ1n) is 12.5. The summed E-state index contributed by atoms with van der Waals surface area (Å²) in [4.78, 5) is 17.1. The largest absolute Gasteiger partial charge is 0.497 e. The molecule has 0 spiro atoms. The second-order valence-electron chi connectivity index (χ2n) is 9.13. The molecule has 3 aromatic rings. The highest BCUT2D eigenvalue weighted by atomic mass is 32.2. The SMILES string of the molecule is C=CCN(CC(=O)N1CCCN(c2ccc(-c3ccc(C)cc3)nn2)CC1)S(=O)(=O)c1ccc(OC)cc1. The number of methoxy groups -OCH3 is 1. The number of hydrogen-bond donors (Lipinski definition) is 0. The summed E-state index contributed by atoms with van der Waals surface area (Å²) < 4.78 is 32.7. The summed E-state index contributed by atoms with van der Waals surface area (Å²) in [6, 6.07) is 18.2. The van der Waals surface area contributed by atoms with Crippen molar-refractivity contribution in [2.75, 3.05) is 51.3 Å². The number of hydrogen-bond acceptors (Lipinski definition) is 7. The third kappa shape index (κ3) is 6.38. The number of carbonyl (C=O) groups excluding carboxylic acids is 1. The first-order valence-corrected chi connectivity index (χ1v) is 13.9. The zero-order chi connectivity index (χ0) is 27.1. The molecule has 1 saturated heterocycles. The third-order valence-electron chi connectivity index (χ3n) is 6.51. The number of aromatic nitrogens is 2. The van der Waals surface area contributed by atoms with E-state index in [9.17, 15) is 13.2 Å². The number of aryl methyl sites for hydroxylation is 1. The fourth-order valence-corrected chi connectivity index (χ4v) is 5.67. The molecule has 10 heteroatoms. The van der Waals surface area contributed by atoms with Gasteiger partial charge in [0.1, 0.15) is 5.75 Å². The average molecular weight is 536 g/mol. The first-order chi connectivity index (χ1) is 18.3. The maximum absolute atomic E-state index is 13.2. The number of ether oxygens (including phenoxy) is 1. The fourth-order valence-electron chi connectivity index (χ4n) is 4.31. The van der Waals surface area contributed by atoms with Crippen LogP contribution in [0.5, 0.6) is 5.75 Å². The zero-order valence-electron chi connectivity index (χ0n) is 21.8. The van der Waals surface area contributed by atoms with Crippen LogP contribution in [0.1, 0.15) is 12.0 Å². The average Bonchev–Trinajstić information content (AvgIpc) is 3.20. The monoisotopic (exact) mass is 535 g/mol. The first kappa shape index (κ1) is 27.3. The maximum atomic E-state index is 13.2. The lowest BCUT2D eigenvalue weighted by Crippen LogP contribution is -2.44. The van der Waals surface area contributed by atoms with E-state index in [-0.39, 0.29) is 23.9 Å². The van der Waals surface area contributed by atoms with Gasteiger partial charge in [0, 0.05) is 38.3 Å². The Kier molecular flexibility index (Phi) is 8.75. The van der Waals surface area contributed by atoms with E-state index in [0.29, 0.717) is 25.4 Å². The van der Waals surface area contributed by atoms with E-state index in [1.54, 1.807) is 17.0 Å². The molecular formula is C28H33N5O4S. The number of carbonyl (C=O) groups is 1. The molecule has 0 atom stereocenters. The van der Waals surface area contributed by atoms with Crippen molar-refractivity contribution in [2.45, 2.75) is 18.2 Å². The Hall–Kier alpha value is -3.76. The number of benzene rings is 2. The highest BCUT2D eigenvalue weighted by molar-refractivity contribution is 7.89. The molecule has 0 N–H and O–H groups in total. The van der Waals surface area contributed by atoms with Gasteiger partial charge >= 0.3 is 0 Å². The van der Waals surface area contributed by atoms with Crippen LogP contribution in [-0.4, -0.2) is 80.1 Å². The molecule has 1 aliphatic rings. The molecule has 200 valence electrons. The normalized spacial score (nSPS) is 14.3. The van der Waals surface area contributed by atoms with Gasteiger partial charge in [0.25, 0.3) is 0 Å². The summed E-state index contributed by atoms with van der Waals surface area (Å²) in [5.41, 5.74) is 3.00. The van der Waals surface area contributed by atoms with E-state index in [4.69, 9.17) is 4.74 Å². The van der Waals surface area contributed by atoms with Crippen LogP contribution in [0.2, 0.25) is 0 Å². The van der Waals surface area contributed by atoms with Crippen molar-refractivity contribution in [1.82, 2.24) is 19.4 Å². The van der Waals surface area contributed by atoms with Crippen LogP contribution in [-0.2, 0) is 14.8 Å². The number of anilines is 1. The number of nitrogens with zero attached hydrogens (tertiary/aromatic N) is 5. The number of rotatable bonds is 9. The Labute approximate surface area is 224 Å². The highest BCUT2D eigenvalue weighted by Gasteiger charge is 2.29. The molecule has 2 heterocycles. The van der Waals surface area contributed by atoms with Crippen LogP contribution in [0.25, 0.3) is 11.3 Å². The van der Waals surface area contributed by atoms with Gasteiger partial charge in [-0.1, -0.05) is 35.9 Å². The summed E-state index contributed by atoms with van der Waals surface area (Å²) >= 11 is 0. The van der Waals surface area contributed by atoms with Crippen LogP contribution in [0.3, 0.4) is 0 Å². The standard InChI is InChI=1S/C28H33N5O4S/c1-4-16-33(38(35,36)25-12-10-24(37-3)11-13-25)21-28(34)32-18-5-17-31(19-20-32)27-15-14-26(29-30-27)23-8-6-22(2)7-9-23/h4,6-15H,1,5,16-21H2,2-3H3. The minimum Gasteiger partial charge on any atom is -0.497 e. The molecule has 0 unspecified atom stereocenters. The molecule has 0 aliphatic carbocycles. The van der Waals surface area contributed by atoms with Gasteiger partial charge in [-0.15, -0.1) is 16.8 Å². The molecule has 38 heavy (non-hydrogen) atoms. The lowest BCUT2D eigenvalue weighted by Gasteiger charge is -2.26. The second kappa shape index (κ2) is 12.2. The van der Waals surface area contributed by atoms with E-state index in [0.717, 1.165) is 34.3 Å². The molecule has 9 nitrogen and oxygen atoms in total. The number of amides is 1. The van der Waals surface area contributed by atoms with Gasteiger partial charge < -0.3 is 14.5 Å². The Morgan fingerprint density at radius 3 is 2.37 bits per heavy atom. The Bertz CT molecular complexity index is 1340. The quantitative estimate of drug-likeness (QED) is 0.388. The molecule has 0 radical (unpaired) electrons. The van der Waals surface area contributed by atoms with Crippen molar-refractivity contribution in [3.05, 3.63) is 78.9 Å². The van der Waals surface area contributed by atoms with Crippen molar-refractivity contribution in [1.29, 1.82) is 0 Å². The fraction of sp³-hybridized carbons (Fsp3) is 0.321. The van der Waals surface area contributed by atoms with Gasteiger partial charge in [-0.25, -0.2) is 8.42 Å². The number of sulfonamides is 1. The maximum Gasteiger partial charge on any atom is 0.243 e. The van der Waals surface area contributed by atoms with Gasteiger partial charge in [-0.2, -0.15) is 4.31 Å². The Balaban J connectivity index is 1.40. The van der Waals surface area contributed by atoms with Crippen molar-refractivity contribution in [2.24, 2.45) is 0 Å². The lowest BCUT2D eigenvalue weighted by molar-refractivity contribution is -0.131. The lowest BCUT2D eigenvalue weighted by atomic mass is 10.1. The molecule has 0 saturated carbocycles. The smallest absolute Gasteiger partial charge is 0.243 e. The topological polar surface area (TPSA) is 95.9 Å². The predicted octanol–water partition coefficient (Wildman–Crippen LogP) is 3.38. The van der Waals surface area contributed by atoms with Crippen molar-refractivity contribution >= 4 is 21.7 Å². The second-order valence-corrected chi connectivity index (χ2v) is 11.1. The van der Waals surface area contributed by atoms with E-state index < -0.39 is 10.0 Å². The Morgan fingerprint density at radius 2 is 1.74 bits per heavy atom. The minimum atomic E-state index is -3.88. The van der Waals surface area contributed by atoms with Crippen molar-refractivity contribution in [3.63, 3.8) is 0 Å². The molecule has 0 bridgehead atoms. The third-order valence-corrected chi connectivity index (χ3v) is 8.34. The molecule has 1 aliphatic heterocycles. The van der Waals surface area contributed by atoms with E-state index in [1.807, 2.05) is 43.3 Å². The van der Waals surface area contributed by atoms with E-state index >= 15 is 0 Å². The van der Waals surface area contributed by atoms with Crippen LogP contribution < -0.4 is 9.64 Å². The van der Waals surface area contributed by atoms with Crippen LogP contribution in [0.4, 0.5) is 5.82 Å².